The van der Waals surface area contributed by atoms with Crippen LogP contribution in [0.15, 0.2) is 77.7 Å². The molecule has 43 heavy (non-hydrogen) atoms. The van der Waals surface area contributed by atoms with E-state index in [0.717, 1.165) is 56.7 Å². The monoisotopic (exact) mass is 598 g/mol. The number of H-pyrrole nitrogens is 1. The predicted molar refractivity (Wildman–Crippen MR) is 173 cm³/mol. The van der Waals surface area contributed by atoms with E-state index in [-0.39, 0.29) is 30.9 Å². The van der Waals surface area contributed by atoms with Crippen molar-refractivity contribution in [3.63, 3.8) is 0 Å². The zero-order valence-corrected chi connectivity index (χ0v) is 25.6. The first-order chi connectivity index (χ1) is 20.4. The van der Waals surface area contributed by atoms with Crippen LogP contribution in [0.4, 0.5) is 0 Å². The molecule has 222 valence electrons. The Labute approximate surface area is 254 Å². The van der Waals surface area contributed by atoms with Gasteiger partial charge in [0.2, 0.25) is 0 Å². The highest BCUT2D eigenvalue weighted by molar-refractivity contribution is 7.81. The van der Waals surface area contributed by atoms with Crippen molar-refractivity contribution >= 4 is 60.1 Å². The van der Waals surface area contributed by atoms with Crippen LogP contribution in [0.2, 0.25) is 0 Å². The van der Waals surface area contributed by atoms with E-state index < -0.39 is 11.9 Å². The topological polar surface area (TPSA) is 148 Å². The molecule has 8 bridgehead atoms. The standard InChI is InChI=1S/C33H34N4O5S/c1-15-20(6-8-31(39)40)27-13-28-21(7-9-32(41)42)16(2)25(35-28)12-30-33(19(5)43)18(4)26(37-30)11-29-22(14-38)17(3)24(36-29)10-23(15)34-27/h10-14,19,36,38,43H,6-9H2,1-5H3,(H,39,40)(H,41,42)/b22-14-,23-10?,28-13?,29-11?,30-12?. The van der Waals surface area contributed by atoms with Crippen molar-refractivity contribution in [3.05, 3.63) is 84.5 Å². The van der Waals surface area contributed by atoms with Gasteiger partial charge in [0.25, 0.3) is 0 Å². The lowest BCUT2D eigenvalue weighted by atomic mass is 9.96. The zero-order valence-electron chi connectivity index (χ0n) is 24.7. The molecule has 5 rings (SSSR count). The molecule has 4 aliphatic heterocycles. The van der Waals surface area contributed by atoms with Gasteiger partial charge in [-0.1, -0.05) is 0 Å². The van der Waals surface area contributed by atoms with E-state index >= 15 is 0 Å². The molecule has 0 aliphatic carbocycles. The number of nitrogens with one attached hydrogen (secondary N) is 1. The average molecular weight is 599 g/mol. The third kappa shape index (κ3) is 5.67. The predicted octanol–water partition coefficient (Wildman–Crippen LogP) is 4.88. The van der Waals surface area contributed by atoms with Crippen LogP contribution in [0, 0.1) is 6.92 Å². The van der Waals surface area contributed by atoms with Crippen molar-refractivity contribution in [2.24, 2.45) is 15.0 Å². The van der Waals surface area contributed by atoms with Gasteiger partial charge in [0, 0.05) is 29.0 Å². The first-order valence-corrected chi connectivity index (χ1v) is 14.6. The van der Waals surface area contributed by atoms with E-state index in [1.807, 2.05) is 58.9 Å². The van der Waals surface area contributed by atoms with Crippen LogP contribution in [0.5, 0.6) is 0 Å². The normalized spacial score (nSPS) is 19.2. The lowest BCUT2D eigenvalue weighted by Gasteiger charge is -2.09. The third-order valence-electron chi connectivity index (χ3n) is 8.28. The highest BCUT2D eigenvalue weighted by atomic mass is 32.1. The molecule has 1 aromatic heterocycles. The Morgan fingerprint density at radius 2 is 1.40 bits per heavy atom. The quantitative estimate of drug-likeness (QED) is 0.284. The molecule has 4 N–H and O–H groups in total. The number of allylic oxidation sites excluding steroid dienone is 8. The number of nitrogens with zero attached hydrogens (tertiary/aromatic N) is 3. The number of aromatic nitrogens is 1. The van der Waals surface area contributed by atoms with Crippen molar-refractivity contribution in [2.45, 2.75) is 65.6 Å². The maximum absolute atomic E-state index is 11.5. The fourth-order valence-electron chi connectivity index (χ4n) is 5.86. The number of aliphatic carboxylic acids is 2. The van der Waals surface area contributed by atoms with Gasteiger partial charge in [-0.3, -0.25) is 9.59 Å². The van der Waals surface area contributed by atoms with Crippen LogP contribution in [0.1, 0.15) is 64.6 Å². The summed E-state index contributed by atoms with van der Waals surface area (Å²) in [6.45, 7) is 9.73. The van der Waals surface area contributed by atoms with Gasteiger partial charge in [-0.05, 0) is 111 Å². The van der Waals surface area contributed by atoms with E-state index in [1.54, 1.807) is 0 Å². The van der Waals surface area contributed by atoms with Crippen molar-refractivity contribution in [1.29, 1.82) is 0 Å². The molecule has 0 saturated carbocycles. The van der Waals surface area contributed by atoms with Crippen LogP contribution in [-0.2, 0) is 9.59 Å². The molecule has 0 fully saturated rings. The smallest absolute Gasteiger partial charge is 0.303 e. The van der Waals surface area contributed by atoms with E-state index in [9.17, 15) is 24.9 Å². The second-order valence-electron chi connectivity index (χ2n) is 11.1. The molecule has 9 nitrogen and oxygen atoms in total. The SMILES string of the molecule is CC1=C(CCC(=O)O)C2=CC3=NC(=Cc4[nH]c(/c(=C\O)c4C)=CC4=NC(=CC1=N2)C(C(C)S)=C4C)C(C)=C3CCC(=O)O. The fraction of sp³-hybridized carbons (Fsp3) is 0.303. The Balaban J connectivity index is 1.83. The molecule has 0 amide bonds. The van der Waals surface area contributed by atoms with E-state index in [1.165, 1.54) is 0 Å². The minimum absolute atomic E-state index is 0.0601. The molecular formula is C33H34N4O5S. The van der Waals surface area contributed by atoms with E-state index in [4.69, 9.17) is 27.6 Å². The number of carboxylic acids is 2. The van der Waals surface area contributed by atoms with Crippen molar-refractivity contribution in [1.82, 2.24) is 4.98 Å². The van der Waals surface area contributed by atoms with E-state index in [2.05, 4.69) is 4.98 Å². The van der Waals surface area contributed by atoms with Gasteiger partial charge in [0.05, 0.1) is 45.8 Å². The number of thiol groups is 1. The summed E-state index contributed by atoms with van der Waals surface area (Å²) >= 11 is 4.75. The lowest BCUT2D eigenvalue weighted by molar-refractivity contribution is -0.137. The summed E-state index contributed by atoms with van der Waals surface area (Å²) in [5.41, 5.74) is 10.8. The number of aliphatic imine (C=N–C) groups is 3. The summed E-state index contributed by atoms with van der Waals surface area (Å²) in [4.78, 5) is 41.3. The summed E-state index contributed by atoms with van der Waals surface area (Å²) in [7, 11) is 0. The van der Waals surface area contributed by atoms with Crippen LogP contribution in [0.25, 0.3) is 18.4 Å². The molecule has 10 heteroatoms. The van der Waals surface area contributed by atoms with Gasteiger partial charge in [0.1, 0.15) is 0 Å². The van der Waals surface area contributed by atoms with Gasteiger partial charge < -0.3 is 20.3 Å². The van der Waals surface area contributed by atoms with Crippen LogP contribution >= 0.6 is 12.6 Å². The molecule has 5 heterocycles. The van der Waals surface area contributed by atoms with Crippen LogP contribution in [0.3, 0.4) is 0 Å². The summed E-state index contributed by atoms with van der Waals surface area (Å²) in [6, 6.07) is 0. The number of carbonyl (C=O) groups is 2. The van der Waals surface area contributed by atoms with Crippen molar-refractivity contribution in [2.75, 3.05) is 0 Å². The lowest BCUT2D eigenvalue weighted by Crippen LogP contribution is -2.25. The highest BCUT2D eigenvalue weighted by Crippen LogP contribution is 2.37. The van der Waals surface area contributed by atoms with Crippen molar-refractivity contribution < 1.29 is 24.9 Å². The summed E-state index contributed by atoms with van der Waals surface area (Å²) < 4.78 is 0. The number of fused-ring (bicyclic) bond motifs is 5. The fourth-order valence-corrected chi connectivity index (χ4v) is 6.19. The third-order valence-corrected chi connectivity index (χ3v) is 8.54. The molecule has 0 saturated heterocycles. The van der Waals surface area contributed by atoms with Gasteiger partial charge >= 0.3 is 11.9 Å². The molecule has 0 aromatic carbocycles. The Hall–Kier alpha value is -4.44. The minimum atomic E-state index is -0.911. The number of hydrogen-bond donors (Lipinski definition) is 5. The molecule has 4 aliphatic rings. The van der Waals surface area contributed by atoms with Gasteiger partial charge in [-0.15, -0.1) is 0 Å². The zero-order chi connectivity index (χ0) is 31.2. The Bertz CT molecular complexity index is 1890. The van der Waals surface area contributed by atoms with Gasteiger partial charge in [0.15, 0.2) is 0 Å². The van der Waals surface area contributed by atoms with E-state index in [0.29, 0.717) is 39.1 Å². The van der Waals surface area contributed by atoms with Crippen LogP contribution in [-0.4, -0.2) is 54.6 Å². The largest absolute Gasteiger partial charge is 0.515 e. The summed E-state index contributed by atoms with van der Waals surface area (Å²) in [6.07, 6.45) is 9.06. The second-order valence-corrected chi connectivity index (χ2v) is 11.8. The Morgan fingerprint density at radius 1 is 0.814 bits per heavy atom. The Morgan fingerprint density at radius 3 is 2.02 bits per heavy atom. The van der Waals surface area contributed by atoms with Gasteiger partial charge in [-0.25, -0.2) is 15.0 Å². The number of rotatable bonds is 7. The molecule has 0 radical (unpaired) electrons. The number of hydrogen-bond acceptors (Lipinski definition) is 7. The van der Waals surface area contributed by atoms with Crippen molar-refractivity contribution in [3.8, 4) is 0 Å². The second kappa shape index (κ2) is 11.7. The molecular weight excluding hydrogens is 564 g/mol. The summed E-state index contributed by atoms with van der Waals surface area (Å²) in [5.74, 6) is -1.82. The first-order valence-electron chi connectivity index (χ1n) is 14.1. The number of aliphatic hydroxyl groups is 1. The maximum Gasteiger partial charge on any atom is 0.303 e. The number of aromatic amines is 1. The first kappa shape index (κ1) is 30.0. The Kier molecular flexibility index (Phi) is 8.16. The highest BCUT2D eigenvalue weighted by Gasteiger charge is 2.28. The maximum atomic E-state index is 11.5. The minimum Gasteiger partial charge on any atom is -0.515 e. The van der Waals surface area contributed by atoms with Gasteiger partial charge in [-0.2, -0.15) is 12.6 Å². The number of carboxylic acid groups (broad SMARTS) is 2. The molecule has 1 atom stereocenters. The average Bonchev–Trinajstić information content (AvgIpc) is 3.59. The summed E-state index contributed by atoms with van der Waals surface area (Å²) in [5, 5.41) is 30.3. The molecule has 0 spiro atoms. The molecule has 1 unspecified atom stereocenters. The van der Waals surface area contributed by atoms with Crippen LogP contribution < -0.4 is 10.6 Å². The molecule has 1 aromatic rings. The number of aliphatic hydroxyl groups excluding tert-OH is 1.